The number of hydrogen-bond donors (Lipinski definition) is 1. The highest BCUT2D eigenvalue weighted by Crippen LogP contribution is 2.16. The molecule has 1 N–H and O–H groups in total. The number of sulfonamides is 1. The van der Waals surface area contributed by atoms with Crippen molar-refractivity contribution in [2.24, 2.45) is 0 Å². The van der Waals surface area contributed by atoms with Crippen LogP contribution in [-0.2, 0) is 16.4 Å². The second-order valence-corrected chi connectivity index (χ2v) is 7.24. The Kier molecular flexibility index (Phi) is 5.33. The molecule has 0 bridgehead atoms. The number of ether oxygens (including phenoxy) is 1. The topological polar surface area (TPSA) is 68.3 Å². The second kappa shape index (κ2) is 7.02. The number of nitrogens with one attached hydrogen (secondary N) is 1. The zero-order valence-corrected chi connectivity index (χ0v) is 13.6. The minimum atomic E-state index is -3.49. The minimum Gasteiger partial charge on any atom is -0.494 e. The van der Waals surface area contributed by atoms with Gasteiger partial charge in [0.15, 0.2) is 0 Å². The summed E-state index contributed by atoms with van der Waals surface area (Å²) in [5, 5.41) is 2.93. The van der Waals surface area contributed by atoms with Crippen molar-refractivity contribution in [3.63, 3.8) is 0 Å². The zero-order valence-electron chi connectivity index (χ0n) is 12.0. The fourth-order valence-electron chi connectivity index (χ4n) is 1.80. The second-order valence-electron chi connectivity index (χ2n) is 4.41. The van der Waals surface area contributed by atoms with Crippen molar-refractivity contribution in [2.75, 3.05) is 13.2 Å². The van der Waals surface area contributed by atoms with Crippen molar-refractivity contribution in [3.05, 3.63) is 40.3 Å². The molecule has 0 aliphatic heterocycles. The third-order valence-electron chi connectivity index (χ3n) is 2.78. The van der Waals surface area contributed by atoms with Gasteiger partial charge in [-0.2, -0.15) is 0 Å². The van der Waals surface area contributed by atoms with E-state index in [0.29, 0.717) is 25.3 Å². The van der Waals surface area contributed by atoms with Crippen LogP contribution in [0.2, 0.25) is 0 Å². The van der Waals surface area contributed by atoms with Gasteiger partial charge >= 0.3 is 0 Å². The summed E-state index contributed by atoms with van der Waals surface area (Å²) in [6.45, 7) is 4.70. The summed E-state index contributed by atoms with van der Waals surface area (Å²) < 4.78 is 32.1. The first-order chi connectivity index (χ1) is 10.0. The summed E-state index contributed by atoms with van der Waals surface area (Å²) in [4.78, 5) is 4.54. The average molecular weight is 326 g/mol. The van der Waals surface area contributed by atoms with Crippen LogP contribution in [0.5, 0.6) is 5.75 Å². The molecule has 21 heavy (non-hydrogen) atoms. The van der Waals surface area contributed by atoms with Crippen molar-refractivity contribution < 1.29 is 13.2 Å². The molecule has 1 heterocycles. The molecule has 2 aromatic rings. The van der Waals surface area contributed by atoms with Crippen molar-refractivity contribution in [1.82, 2.24) is 9.71 Å². The fraction of sp³-hybridized carbons (Fsp3) is 0.357. The van der Waals surface area contributed by atoms with Crippen LogP contribution in [0.15, 0.2) is 34.5 Å². The largest absolute Gasteiger partial charge is 0.494 e. The minimum absolute atomic E-state index is 0.236. The Bertz CT molecular complexity index is 678. The van der Waals surface area contributed by atoms with Gasteiger partial charge < -0.3 is 4.74 Å². The Hall–Kier alpha value is -1.44. The van der Waals surface area contributed by atoms with Gasteiger partial charge in [0.1, 0.15) is 5.75 Å². The zero-order chi connectivity index (χ0) is 15.3. The first kappa shape index (κ1) is 15.9. The summed E-state index contributed by atoms with van der Waals surface area (Å²) in [5.74, 6) is 0.661. The number of hydrogen-bond acceptors (Lipinski definition) is 5. The van der Waals surface area contributed by atoms with Crippen LogP contribution < -0.4 is 9.46 Å². The smallest absolute Gasteiger partial charge is 0.240 e. The van der Waals surface area contributed by atoms with E-state index in [1.807, 2.05) is 19.2 Å². The van der Waals surface area contributed by atoms with Crippen LogP contribution in [0.4, 0.5) is 0 Å². The van der Waals surface area contributed by atoms with Crippen molar-refractivity contribution in [3.8, 4) is 5.75 Å². The highest BCUT2D eigenvalue weighted by molar-refractivity contribution is 7.89. The van der Waals surface area contributed by atoms with Crippen molar-refractivity contribution in [2.45, 2.75) is 25.2 Å². The van der Waals surface area contributed by atoms with Crippen molar-refractivity contribution >= 4 is 21.4 Å². The molecule has 114 valence electrons. The van der Waals surface area contributed by atoms with Gasteiger partial charge in [-0.3, -0.25) is 0 Å². The van der Waals surface area contributed by atoms with Gasteiger partial charge in [-0.05, 0) is 38.1 Å². The summed E-state index contributed by atoms with van der Waals surface area (Å²) >= 11 is 1.56. The highest BCUT2D eigenvalue weighted by Gasteiger charge is 2.13. The van der Waals surface area contributed by atoms with Gasteiger partial charge in [0, 0.05) is 18.3 Å². The lowest BCUT2D eigenvalue weighted by atomic mass is 10.3. The molecule has 0 unspecified atom stereocenters. The molecule has 0 fully saturated rings. The lowest BCUT2D eigenvalue weighted by Crippen LogP contribution is -2.26. The molecule has 5 nitrogen and oxygen atoms in total. The number of thiazole rings is 1. The van der Waals surface area contributed by atoms with E-state index >= 15 is 0 Å². The Labute approximate surface area is 129 Å². The van der Waals surface area contributed by atoms with Gasteiger partial charge in [-0.1, -0.05) is 0 Å². The van der Waals surface area contributed by atoms with E-state index in [4.69, 9.17) is 4.74 Å². The van der Waals surface area contributed by atoms with E-state index in [0.717, 1.165) is 10.7 Å². The van der Waals surface area contributed by atoms with Gasteiger partial charge in [0.25, 0.3) is 0 Å². The molecular weight excluding hydrogens is 308 g/mol. The van der Waals surface area contributed by atoms with Gasteiger partial charge in [0.2, 0.25) is 10.0 Å². The van der Waals surface area contributed by atoms with Crippen LogP contribution in [-0.4, -0.2) is 26.6 Å². The molecule has 0 amide bonds. The van der Waals surface area contributed by atoms with E-state index in [1.54, 1.807) is 35.6 Å². The number of rotatable bonds is 7. The highest BCUT2D eigenvalue weighted by atomic mass is 32.2. The van der Waals surface area contributed by atoms with E-state index in [2.05, 4.69) is 9.71 Å². The number of nitrogens with zero attached hydrogens (tertiary/aromatic N) is 1. The predicted octanol–water partition coefficient (Wildman–Crippen LogP) is 2.37. The molecule has 1 aromatic heterocycles. The maximum absolute atomic E-state index is 12.1. The fourth-order valence-corrected chi connectivity index (χ4v) is 3.48. The van der Waals surface area contributed by atoms with Crippen LogP contribution in [0.1, 0.15) is 17.6 Å². The normalized spacial score (nSPS) is 11.5. The molecule has 7 heteroatoms. The van der Waals surface area contributed by atoms with Crippen LogP contribution >= 0.6 is 11.3 Å². The van der Waals surface area contributed by atoms with Gasteiger partial charge in [0.05, 0.1) is 22.2 Å². The number of aromatic nitrogens is 1. The molecular formula is C14H18N2O3S2. The van der Waals surface area contributed by atoms with E-state index in [1.165, 1.54) is 0 Å². The predicted molar refractivity (Wildman–Crippen MR) is 83.4 cm³/mol. The number of aryl methyl sites for hydroxylation is 1. The molecule has 0 aliphatic rings. The first-order valence-electron chi connectivity index (χ1n) is 6.65. The molecule has 0 saturated heterocycles. The number of benzene rings is 1. The van der Waals surface area contributed by atoms with E-state index < -0.39 is 10.0 Å². The third kappa shape index (κ3) is 4.52. The Morgan fingerprint density at radius 1 is 1.29 bits per heavy atom. The summed E-state index contributed by atoms with van der Waals surface area (Å²) in [7, 11) is -3.49. The molecule has 0 atom stereocenters. The SMILES string of the molecule is CCOc1ccc(S(=O)(=O)NCCc2csc(C)n2)cc1. The molecule has 1 aromatic carbocycles. The summed E-state index contributed by atoms with van der Waals surface area (Å²) in [6.07, 6.45) is 0.584. The maximum Gasteiger partial charge on any atom is 0.240 e. The van der Waals surface area contributed by atoms with Crippen molar-refractivity contribution in [1.29, 1.82) is 0 Å². The Morgan fingerprint density at radius 2 is 2.00 bits per heavy atom. The third-order valence-corrected chi connectivity index (χ3v) is 5.08. The van der Waals surface area contributed by atoms with Crippen LogP contribution in [0.25, 0.3) is 0 Å². The molecule has 0 aliphatic carbocycles. The molecule has 0 saturated carbocycles. The maximum atomic E-state index is 12.1. The lowest BCUT2D eigenvalue weighted by molar-refractivity contribution is 0.340. The van der Waals surface area contributed by atoms with E-state index in [-0.39, 0.29) is 4.90 Å². The molecule has 0 radical (unpaired) electrons. The Morgan fingerprint density at radius 3 is 2.57 bits per heavy atom. The van der Waals surface area contributed by atoms with Crippen LogP contribution in [0, 0.1) is 6.92 Å². The Balaban J connectivity index is 1.94. The van der Waals surface area contributed by atoms with Crippen LogP contribution in [0.3, 0.4) is 0 Å². The van der Waals surface area contributed by atoms with Gasteiger partial charge in [-0.25, -0.2) is 18.1 Å². The molecule has 0 spiro atoms. The van der Waals surface area contributed by atoms with E-state index in [9.17, 15) is 8.42 Å². The average Bonchev–Trinajstić information content (AvgIpc) is 2.85. The van der Waals surface area contributed by atoms with Gasteiger partial charge in [-0.15, -0.1) is 11.3 Å². The molecule has 2 rings (SSSR count). The summed E-state index contributed by atoms with van der Waals surface area (Å²) in [5.41, 5.74) is 0.909. The standard InChI is InChI=1S/C14H18N2O3S2/c1-3-19-13-4-6-14(7-5-13)21(17,18)15-9-8-12-10-20-11(2)16-12/h4-7,10,15H,3,8-9H2,1-2H3. The quantitative estimate of drug-likeness (QED) is 0.848. The summed E-state index contributed by atoms with van der Waals surface area (Å²) in [6, 6.07) is 6.39. The monoisotopic (exact) mass is 326 g/mol. The lowest BCUT2D eigenvalue weighted by Gasteiger charge is -2.07. The first-order valence-corrected chi connectivity index (χ1v) is 9.01.